The molecule has 0 atom stereocenters. The molecule has 3 rings (SSSR count). The number of amides is 2. The molecule has 0 unspecified atom stereocenters. The first kappa shape index (κ1) is 22.3. The van der Waals surface area contributed by atoms with Crippen LogP contribution in [0.25, 0.3) is 11.3 Å². The lowest BCUT2D eigenvalue weighted by atomic mass is 10.1. The summed E-state index contributed by atoms with van der Waals surface area (Å²) in [5.74, 6) is 0.781. The van der Waals surface area contributed by atoms with Gasteiger partial charge in [0.05, 0.1) is 5.69 Å². The van der Waals surface area contributed by atoms with E-state index in [-0.39, 0.29) is 11.8 Å². The van der Waals surface area contributed by atoms with E-state index < -0.39 is 0 Å². The first-order valence-corrected chi connectivity index (χ1v) is 11.7. The Morgan fingerprint density at radius 2 is 1.83 bits per heavy atom. The number of carbonyl (C=O) groups is 2. The number of hydrogen-bond donors (Lipinski definition) is 2. The van der Waals surface area contributed by atoms with Gasteiger partial charge < -0.3 is 10.6 Å². The molecule has 0 radical (unpaired) electrons. The van der Waals surface area contributed by atoms with Crippen molar-refractivity contribution in [1.82, 2.24) is 10.3 Å². The largest absolute Gasteiger partial charge is 0.352 e. The smallest absolute Gasteiger partial charge is 0.226 e. The van der Waals surface area contributed by atoms with E-state index in [9.17, 15) is 9.59 Å². The Kier molecular flexibility index (Phi) is 8.30. The molecule has 8 heteroatoms. The van der Waals surface area contributed by atoms with Gasteiger partial charge in [0, 0.05) is 40.8 Å². The summed E-state index contributed by atoms with van der Waals surface area (Å²) in [5.41, 5.74) is 2.81. The lowest BCUT2D eigenvalue weighted by Crippen LogP contribution is -2.18. The second kappa shape index (κ2) is 11.2. The van der Waals surface area contributed by atoms with Crippen LogP contribution in [-0.2, 0) is 16.1 Å². The van der Waals surface area contributed by atoms with Crippen LogP contribution < -0.4 is 10.6 Å². The van der Waals surface area contributed by atoms with Crippen LogP contribution in [0.2, 0.25) is 5.02 Å². The lowest BCUT2D eigenvalue weighted by molar-refractivity contribution is -0.119. The number of halogens is 1. The van der Waals surface area contributed by atoms with Gasteiger partial charge in [-0.2, -0.15) is 0 Å². The molecule has 1 aromatic heterocycles. The van der Waals surface area contributed by atoms with E-state index in [1.165, 1.54) is 18.3 Å². The number of hydrogen-bond acceptors (Lipinski definition) is 5. The van der Waals surface area contributed by atoms with Crippen LogP contribution >= 0.6 is 34.7 Å². The van der Waals surface area contributed by atoms with Crippen molar-refractivity contribution in [2.45, 2.75) is 31.2 Å². The number of rotatable bonds is 9. The first-order valence-electron chi connectivity index (χ1n) is 9.47. The topological polar surface area (TPSA) is 71.1 Å². The SMILES string of the molecule is CC(=O)NCc1ccc(-c2csc(NC(=O)CCCSc3ccc(Cl)cc3)n2)cc1. The Hall–Kier alpha value is -2.35. The summed E-state index contributed by atoms with van der Waals surface area (Å²) in [6.45, 7) is 2.00. The highest BCUT2D eigenvalue weighted by Crippen LogP contribution is 2.26. The van der Waals surface area contributed by atoms with Crippen LogP contribution in [0.15, 0.2) is 58.8 Å². The minimum absolute atomic E-state index is 0.0294. The van der Waals surface area contributed by atoms with Crippen LogP contribution in [-0.4, -0.2) is 22.6 Å². The molecule has 0 spiro atoms. The molecule has 0 fully saturated rings. The molecule has 2 aromatic carbocycles. The fraction of sp³-hybridized carbons (Fsp3) is 0.227. The van der Waals surface area contributed by atoms with Gasteiger partial charge in [-0.3, -0.25) is 9.59 Å². The highest BCUT2D eigenvalue weighted by Gasteiger charge is 2.08. The molecule has 3 aromatic rings. The van der Waals surface area contributed by atoms with Crippen molar-refractivity contribution in [2.24, 2.45) is 0 Å². The summed E-state index contributed by atoms with van der Waals surface area (Å²) in [6, 6.07) is 15.5. The third kappa shape index (κ3) is 7.16. The van der Waals surface area contributed by atoms with Crippen LogP contribution in [0.3, 0.4) is 0 Å². The van der Waals surface area contributed by atoms with Gasteiger partial charge in [0.25, 0.3) is 0 Å². The number of nitrogens with one attached hydrogen (secondary N) is 2. The van der Waals surface area contributed by atoms with Gasteiger partial charge in [-0.1, -0.05) is 35.9 Å². The Labute approximate surface area is 189 Å². The Morgan fingerprint density at radius 1 is 1.10 bits per heavy atom. The average Bonchev–Trinajstić information content (AvgIpc) is 3.19. The molecular formula is C22H22ClN3O2S2. The standard InChI is InChI=1S/C22H22ClN3O2S2/c1-15(27)24-13-16-4-6-17(7-5-16)20-14-30-22(25-20)26-21(28)3-2-12-29-19-10-8-18(23)9-11-19/h4-11,14H,2-3,12-13H2,1H3,(H,24,27)(H,25,26,28). The predicted molar refractivity (Wildman–Crippen MR) is 125 cm³/mol. The molecule has 156 valence electrons. The molecule has 2 N–H and O–H groups in total. The number of thiazole rings is 1. The molecule has 0 aliphatic rings. The lowest BCUT2D eigenvalue weighted by Gasteiger charge is -2.04. The van der Waals surface area contributed by atoms with Crippen molar-refractivity contribution in [1.29, 1.82) is 0 Å². The number of anilines is 1. The maximum atomic E-state index is 12.2. The minimum Gasteiger partial charge on any atom is -0.352 e. The molecule has 2 amide bonds. The normalized spacial score (nSPS) is 10.6. The van der Waals surface area contributed by atoms with Crippen LogP contribution in [0, 0.1) is 0 Å². The second-order valence-corrected chi connectivity index (χ2v) is 9.06. The predicted octanol–water partition coefficient (Wildman–Crippen LogP) is 5.61. The minimum atomic E-state index is -0.0532. The van der Waals surface area contributed by atoms with E-state index in [2.05, 4.69) is 15.6 Å². The molecule has 30 heavy (non-hydrogen) atoms. The van der Waals surface area contributed by atoms with Crippen molar-refractivity contribution < 1.29 is 9.59 Å². The third-order valence-electron chi connectivity index (χ3n) is 4.17. The molecular weight excluding hydrogens is 438 g/mol. The first-order chi connectivity index (χ1) is 14.5. The molecule has 5 nitrogen and oxygen atoms in total. The molecule has 0 aliphatic heterocycles. The van der Waals surface area contributed by atoms with Crippen molar-refractivity contribution >= 4 is 51.6 Å². The van der Waals surface area contributed by atoms with E-state index >= 15 is 0 Å². The maximum absolute atomic E-state index is 12.2. The van der Waals surface area contributed by atoms with Gasteiger partial charge in [0.15, 0.2) is 5.13 Å². The monoisotopic (exact) mass is 459 g/mol. The van der Waals surface area contributed by atoms with Gasteiger partial charge in [0.2, 0.25) is 11.8 Å². The van der Waals surface area contributed by atoms with Crippen LogP contribution in [0.5, 0.6) is 0 Å². The summed E-state index contributed by atoms with van der Waals surface area (Å²) in [4.78, 5) is 28.8. The summed E-state index contributed by atoms with van der Waals surface area (Å²) < 4.78 is 0. The quantitative estimate of drug-likeness (QED) is 0.322. The highest BCUT2D eigenvalue weighted by molar-refractivity contribution is 7.99. The molecule has 0 saturated heterocycles. The molecule has 0 saturated carbocycles. The number of thioether (sulfide) groups is 1. The Bertz CT molecular complexity index is 988. The highest BCUT2D eigenvalue weighted by atomic mass is 35.5. The summed E-state index contributed by atoms with van der Waals surface area (Å²) >= 11 is 9.00. The molecule has 0 bridgehead atoms. The van der Waals surface area contributed by atoms with Gasteiger partial charge in [0.1, 0.15) is 0 Å². The van der Waals surface area contributed by atoms with E-state index in [0.29, 0.717) is 18.1 Å². The van der Waals surface area contributed by atoms with E-state index in [1.54, 1.807) is 11.8 Å². The fourth-order valence-corrected chi connectivity index (χ4v) is 4.33. The Balaban J connectivity index is 1.43. The fourth-order valence-electron chi connectivity index (χ4n) is 2.62. The van der Waals surface area contributed by atoms with Crippen molar-refractivity contribution in [3.63, 3.8) is 0 Å². The van der Waals surface area contributed by atoms with Crippen molar-refractivity contribution in [3.8, 4) is 11.3 Å². The zero-order valence-corrected chi connectivity index (χ0v) is 18.9. The number of benzene rings is 2. The zero-order chi connectivity index (χ0) is 21.3. The van der Waals surface area contributed by atoms with E-state index in [1.807, 2.05) is 53.9 Å². The van der Waals surface area contributed by atoms with Gasteiger partial charge in [-0.15, -0.1) is 23.1 Å². The summed E-state index contributed by atoms with van der Waals surface area (Å²) in [6.07, 6.45) is 1.24. The third-order valence-corrected chi connectivity index (χ3v) is 6.28. The summed E-state index contributed by atoms with van der Waals surface area (Å²) in [5, 5.41) is 8.90. The van der Waals surface area contributed by atoms with E-state index in [4.69, 9.17) is 11.6 Å². The van der Waals surface area contributed by atoms with Gasteiger partial charge in [-0.05, 0) is 42.0 Å². The number of carbonyl (C=O) groups excluding carboxylic acids is 2. The molecule has 1 heterocycles. The Morgan fingerprint density at radius 3 is 2.53 bits per heavy atom. The maximum Gasteiger partial charge on any atom is 0.226 e. The van der Waals surface area contributed by atoms with Crippen molar-refractivity contribution in [3.05, 3.63) is 64.5 Å². The van der Waals surface area contributed by atoms with Crippen molar-refractivity contribution in [2.75, 3.05) is 11.1 Å². The number of aromatic nitrogens is 1. The van der Waals surface area contributed by atoms with Crippen LogP contribution in [0.1, 0.15) is 25.3 Å². The van der Waals surface area contributed by atoms with Crippen LogP contribution in [0.4, 0.5) is 5.13 Å². The molecule has 0 aliphatic carbocycles. The van der Waals surface area contributed by atoms with E-state index in [0.717, 1.165) is 38.9 Å². The number of nitrogens with zero attached hydrogens (tertiary/aromatic N) is 1. The zero-order valence-electron chi connectivity index (χ0n) is 16.5. The van der Waals surface area contributed by atoms with Gasteiger partial charge in [-0.25, -0.2) is 4.98 Å². The average molecular weight is 460 g/mol. The second-order valence-electron chi connectivity index (χ2n) is 6.60. The summed E-state index contributed by atoms with van der Waals surface area (Å²) in [7, 11) is 0. The van der Waals surface area contributed by atoms with Gasteiger partial charge >= 0.3 is 0 Å².